The molecular formula is C12H11F3N4O2. The van der Waals surface area contributed by atoms with E-state index in [2.05, 4.69) is 15.5 Å². The van der Waals surface area contributed by atoms with E-state index in [9.17, 15) is 22.9 Å². The minimum Gasteiger partial charge on any atom is -0.387 e. The third kappa shape index (κ3) is 5.13. The predicted octanol–water partition coefficient (Wildman–Crippen LogP) is 2.04. The van der Waals surface area contributed by atoms with Gasteiger partial charge in [0.1, 0.15) is 0 Å². The normalized spacial score (nSPS) is 13.9. The van der Waals surface area contributed by atoms with Crippen LogP contribution in [0.15, 0.2) is 46.9 Å². The van der Waals surface area contributed by atoms with Crippen LogP contribution in [0.3, 0.4) is 0 Å². The van der Waals surface area contributed by atoms with Gasteiger partial charge in [-0.2, -0.15) is 23.4 Å². The Hall–Kier alpha value is -2.58. The fourth-order valence-corrected chi connectivity index (χ4v) is 1.39. The van der Waals surface area contributed by atoms with Crippen molar-refractivity contribution >= 4 is 5.91 Å². The highest BCUT2D eigenvalue weighted by atomic mass is 19.4. The van der Waals surface area contributed by atoms with Crippen molar-refractivity contribution in [2.75, 3.05) is 6.54 Å². The molecule has 2 rings (SSSR count). The molecule has 0 radical (unpaired) electrons. The van der Waals surface area contributed by atoms with Gasteiger partial charge in [-0.05, 0) is 31.3 Å². The first-order valence-electron chi connectivity index (χ1n) is 5.68. The molecule has 1 amide bonds. The predicted molar refractivity (Wildman–Crippen MR) is 67.8 cm³/mol. The Morgan fingerprint density at radius 1 is 1.43 bits per heavy atom. The van der Waals surface area contributed by atoms with Crippen LogP contribution in [0.1, 0.15) is 5.69 Å². The summed E-state index contributed by atoms with van der Waals surface area (Å²) in [5.41, 5.74) is -0.821. The van der Waals surface area contributed by atoms with Gasteiger partial charge in [0.05, 0.1) is 16.8 Å². The Labute approximate surface area is 117 Å². The molecule has 112 valence electrons. The van der Waals surface area contributed by atoms with Crippen LogP contribution in [0.2, 0.25) is 0 Å². The number of alkyl halides is 3. The van der Waals surface area contributed by atoms with Gasteiger partial charge in [-0.25, -0.2) is 0 Å². The van der Waals surface area contributed by atoms with Crippen molar-refractivity contribution in [3.63, 3.8) is 0 Å². The van der Waals surface area contributed by atoms with Crippen molar-refractivity contribution in [1.82, 2.24) is 15.5 Å². The number of nitrogens with one attached hydrogen (secondary N) is 1. The van der Waals surface area contributed by atoms with Crippen LogP contribution < -0.4 is 5.32 Å². The van der Waals surface area contributed by atoms with E-state index in [4.69, 9.17) is 0 Å². The minimum absolute atomic E-state index is 0.337. The van der Waals surface area contributed by atoms with Crippen molar-refractivity contribution < 1.29 is 18.0 Å². The van der Waals surface area contributed by atoms with Crippen LogP contribution in [-0.4, -0.2) is 28.8 Å². The van der Waals surface area contributed by atoms with E-state index in [1.165, 1.54) is 0 Å². The lowest BCUT2D eigenvalue weighted by molar-refractivity contribution is -0.116. The van der Waals surface area contributed by atoms with E-state index in [-0.39, 0.29) is 6.54 Å². The number of hydrogen-bond donors (Lipinski definition) is 1. The average molecular weight is 300 g/mol. The van der Waals surface area contributed by atoms with Crippen LogP contribution in [0.5, 0.6) is 0 Å². The molecule has 0 aliphatic carbocycles. The zero-order chi connectivity index (χ0) is 15.9. The second-order valence-electron chi connectivity index (χ2n) is 3.87. The van der Waals surface area contributed by atoms with Gasteiger partial charge in [0.25, 0.3) is 0 Å². The molecule has 0 atom stereocenters. The Morgan fingerprint density at radius 2 is 2.14 bits per heavy atom. The maximum atomic E-state index is 12.3. The summed E-state index contributed by atoms with van der Waals surface area (Å²) in [6.07, 6.45) is -1.23. The number of carbonyl (C=O) groups excluding carboxylic acids is 1. The molecule has 6 nitrogen and oxygen atoms in total. The number of halogens is 3. The Bertz CT molecular complexity index is 568. The lowest BCUT2D eigenvalue weighted by atomic mass is 10.1. The van der Waals surface area contributed by atoms with Crippen LogP contribution in [-0.2, 0) is 4.79 Å². The SMILES string of the molecule is Cc1cccnn1.O=NC(=O)C1=C(C(F)(F)F)C=CNC1. The largest absolute Gasteiger partial charge is 0.416 e. The summed E-state index contributed by atoms with van der Waals surface area (Å²) in [5.74, 6) is -1.39. The van der Waals surface area contributed by atoms with Gasteiger partial charge in [0, 0.05) is 17.9 Å². The third-order valence-electron chi connectivity index (χ3n) is 2.32. The Balaban J connectivity index is 0.000000262. The van der Waals surface area contributed by atoms with Gasteiger partial charge in [-0.3, -0.25) is 4.79 Å². The first-order valence-corrected chi connectivity index (χ1v) is 5.68. The highest BCUT2D eigenvalue weighted by molar-refractivity contribution is 5.96. The summed E-state index contributed by atoms with van der Waals surface area (Å²) in [5, 5.41) is 11.7. The van der Waals surface area contributed by atoms with Gasteiger partial charge in [0.2, 0.25) is 0 Å². The van der Waals surface area contributed by atoms with Crippen molar-refractivity contribution in [2.24, 2.45) is 5.18 Å². The van der Waals surface area contributed by atoms with Gasteiger partial charge in [-0.15, -0.1) is 4.91 Å². The van der Waals surface area contributed by atoms with Crippen molar-refractivity contribution in [1.29, 1.82) is 0 Å². The summed E-state index contributed by atoms with van der Waals surface area (Å²) in [4.78, 5) is 20.5. The third-order valence-corrected chi connectivity index (χ3v) is 2.32. The molecular weight excluding hydrogens is 289 g/mol. The van der Waals surface area contributed by atoms with Crippen LogP contribution in [0.25, 0.3) is 0 Å². The molecule has 0 saturated heterocycles. The molecule has 1 N–H and O–H groups in total. The maximum Gasteiger partial charge on any atom is 0.416 e. The molecule has 2 heterocycles. The number of rotatable bonds is 1. The summed E-state index contributed by atoms with van der Waals surface area (Å²) in [6.45, 7) is 1.57. The van der Waals surface area contributed by atoms with E-state index in [1.807, 2.05) is 24.2 Å². The Morgan fingerprint density at radius 3 is 2.57 bits per heavy atom. The maximum absolute atomic E-state index is 12.3. The Kier molecular flexibility index (Phi) is 5.70. The quantitative estimate of drug-likeness (QED) is 0.802. The molecule has 0 spiro atoms. The molecule has 0 bridgehead atoms. The molecule has 0 saturated carbocycles. The number of hydrogen-bond acceptors (Lipinski definition) is 5. The van der Waals surface area contributed by atoms with Crippen LogP contribution in [0.4, 0.5) is 13.2 Å². The van der Waals surface area contributed by atoms with E-state index in [1.54, 1.807) is 6.20 Å². The molecule has 0 fully saturated rings. The molecule has 0 aromatic carbocycles. The lowest BCUT2D eigenvalue weighted by Crippen LogP contribution is -2.26. The summed E-state index contributed by atoms with van der Waals surface area (Å²) >= 11 is 0. The van der Waals surface area contributed by atoms with E-state index in [0.29, 0.717) is 6.08 Å². The molecule has 1 aromatic rings. The molecule has 1 aromatic heterocycles. The van der Waals surface area contributed by atoms with Crippen LogP contribution >= 0.6 is 0 Å². The summed E-state index contributed by atoms with van der Waals surface area (Å²) in [6, 6.07) is 3.77. The number of allylic oxidation sites excluding steroid dienone is 2. The van der Waals surface area contributed by atoms with Crippen molar-refractivity contribution in [3.05, 3.63) is 52.4 Å². The zero-order valence-electron chi connectivity index (χ0n) is 10.9. The summed E-state index contributed by atoms with van der Waals surface area (Å²) < 4.78 is 36.8. The standard InChI is InChI=1S/C7H5F3N2O2.C5H6N2/c8-7(9,10)5-1-2-11-3-4(5)6(13)12-14;1-5-3-2-4-6-7-5/h1-2,11H,3H2;2-4H,1H3. The molecule has 1 aliphatic rings. The fraction of sp³-hybridized carbons (Fsp3) is 0.250. The number of nitroso groups, excluding NO2 is 1. The second kappa shape index (κ2) is 7.27. The molecule has 9 heteroatoms. The lowest BCUT2D eigenvalue weighted by Gasteiger charge is -2.16. The highest BCUT2D eigenvalue weighted by Crippen LogP contribution is 2.30. The zero-order valence-corrected chi connectivity index (χ0v) is 10.9. The monoisotopic (exact) mass is 300 g/mol. The topological polar surface area (TPSA) is 84.3 Å². The van der Waals surface area contributed by atoms with Gasteiger partial charge in [-0.1, -0.05) is 0 Å². The van der Waals surface area contributed by atoms with Crippen molar-refractivity contribution in [2.45, 2.75) is 13.1 Å². The number of nitrogens with zero attached hydrogens (tertiary/aromatic N) is 3. The van der Waals surface area contributed by atoms with E-state index in [0.717, 1.165) is 11.9 Å². The first-order chi connectivity index (χ1) is 9.86. The van der Waals surface area contributed by atoms with Gasteiger partial charge in [0.15, 0.2) is 0 Å². The smallest absolute Gasteiger partial charge is 0.387 e. The first kappa shape index (κ1) is 16.5. The minimum atomic E-state index is -4.64. The number of amides is 1. The molecule has 21 heavy (non-hydrogen) atoms. The highest BCUT2D eigenvalue weighted by Gasteiger charge is 2.37. The summed E-state index contributed by atoms with van der Waals surface area (Å²) in [7, 11) is 0. The van der Waals surface area contributed by atoms with E-state index >= 15 is 0 Å². The fourth-order valence-electron chi connectivity index (χ4n) is 1.39. The number of dihydropyridines is 1. The number of carbonyl (C=O) groups is 1. The molecule has 1 aliphatic heterocycles. The number of aromatic nitrogens is 2. The molecule has 0 unspecified atom stereocenters. The number of aryl methyl sites for hydroxylation is 1. The van der Waals surface area contributed by atoms with Gasteiger partial charge < -0.3 is 5.32 Å². The average Bonchev–Trinajstić information content (AvgIpc) is 2.47. The van der Waals surface area contributed by atoms with E-state index < -0.39 is 23.2 Å². The van der Waals surface area contributed by atoms with Gasteiger partial charge >= 0.3 is 12.1 Å². The second-order valence-corrected chi connectivity index (χ2v) is 3.87. The van der Waals surface area contributed by atoms with Crippen molar-refractivity contribution in [3.8, 4) is 0 Å². The van der Waals surface area contributed by atoms with Crippen LogP contribution in [0, 0.1) is 11.8 Å².